The number of hydrogen-bond acceptors (Lipinski definition) is 2. The van der Waals surface area contributed by atoms with Crippen molar-refractivity contribution < 1.29 is 4.39 Å². The van der Waals surface area contributed by atoms with Crippen LogP contribution in [0.2, 0.25) is 0 Å². The van der Waals surface area contributed by atoms with Crippen LogP contribution >= 0.6 is 15.9 Å². The Morgan fingerprint density at radius 1 is 1.25 bits per heavy atom. The van der Waals surface area contributed by atoms with Crippen molar-refractivity contribution in [1.29, 1.82) is 5.26 Å². The number of fused-ring (bicyclic) bond motifs is 1. The summed E-state index contributed by atoms with van der Waals surface area (Å²) in [5.41, 5.74) is 3.05. The van der Waals surface area contributed by atoms with Crippen molar-refractivity contribution in [2.75, 3.05) is 0 Å². The van der Waals surface area contributed by atoms with Crippen LogP contribution in [0.15, 0.2) is 40.9 Å². The first kappa shape index (κ1) is 12.8. The van der Waals surface area contributed by atoms with E-state index < -0.39 is 0 Å². The highest BCUT2D eigenvalue weighted by molar-refractivity contribution is 9.10. The number of halogens is 2. The van der Waals surface area contributed by atoms with Gasteiger partial charge in [0.05, 0.1) is 22.7 Å². The van der Waals surface area contributed by atoms with Crippen LogP contribution in [0, 0.1) is 17.1 Å². The molecule has 0 aliphatic heterocycles. The number of benzene rings is 2. The van der Waals surface area contributed by atoms with E-state index in [1.165, 1.54) is 12.1 Å². The van der Waals surface area contributed by atoms with Crippen molar-refractivity contribution in [2.24, 2.45) is 7.05 Å². The molecule has 2 aromatic carbocycles. The normalized spacial score (nSPS) is 10.7. The number of nitrogens with zero attached hydrogens (tertiary/aromatic N) is 3. The van der Waals surface area contributed by atoms with Gasteiger partial charge in [0.2, 0.25) is 0 Å². The molecule has 1 aromatic heterocycles. The summed E-state index contributed by atoms with van der Waals surface area (Å²) in [5.74, 6) is 0.424. The molecule has 3 rings (SSSR count). The highest BCUT2D eigenvalue weighted by Crippen LogP contribution is 2.30. The van der Waals surface area contributed by atoms with Crippen molar-refractivity contribution in [3.63, 3.8) is 0 Å². The lowest BCUT2D eigenvalue weighted by Gasteiger charge is -2.05. The Bertz CT molecular complexity index is 861. The van der Waals surface area contributed by atoms with Gasteiger partial charge in [-0.1, -0.05) is 0 Å². The van der Waals surface area contributed by atoms with Crippen molar-refractivity contribution in [3.8, 4) is 17.5 Å². The minimum atomic E-state index is -0.300. The topological polar surface area (TPSA) is 41.6 Å². The van der Waals surface area contributed by atoms with Gasteiger partial charge >= 0.3 is 0 Å². The second kappa shape index (κ2) is 4.73. The van der Waals surface area contributed by atoms with E-state index in [4.69, 9.17) is 5.26 Å². The molecule has 1 heterocycles. The maximum atomic E-state index is 13.2. The highest BCUT2D eigenvalue weighted by atomic mass is 79.9. The van der Waals surface area contributed by atoms with Crippen LogP contribution in [0.3, 0.4) is 0 Å². The lowest BCUT2D eigenvalue weighted by molar-refractivity contribution is 0.627. The fourth-order valence-corrected chi connectivity index (χ4v) is 2.71. The third-order valence-electron chi connectivity index (χ3n) is 3.18. The Morgan fingerprint density at radius 2 is 2.05 bits per heavy atom. The van der Waals surface area contributed by atoms with Crippen molar-refractivity contribution >= 4 is 27.0 Å². The monoisotopic (exact) mass is 329 g/mol. The maximum Gasteiger partial charge on any atom is 0.142 e. The van der Waals surface area contributed by atoms with Crippen molar-refractivity contribution in [2.45, 2.75) is 0 Å². The van der Waals surface area contributed by atoms with E-state index in [-0.39, 0.29) is 5.82 Å². The fraction of sp³-hybridized carbons (Fsp3) is 0.0667. The zero-order valence-corrected chi connectivity index (χ0v) is 12.1. The molecule has 0 unspecified atom stereocenters. The molecule has 3 nitrogen and oxygen atoms in total. The SMILES string of the molecule is Cn1c(-c2ccc(F)cc2Br)nc2cc(C#N)ccc21. The summed E-state index contributed by atoms with van der Waals surface area (Å²) >= 11 is 3.36. The van der Waals surface area contributed by atoms with Gasteiger partial charge in [0.25, 0.3) is 0 Å². The lowest BCUT2D eigenvalue weighted by atomic mass is 10.2. The molecule has 0 aliphatic carbocycles. The van der Waals surface area contributed by atoms with Gasteiger partial charge in [-0.15, -0.1) is 0 Å². The molecule has 0 saturated heterocycles. The minimum Gasteiger partial charge on any atom is -0.327 e. The third kappa shape index (κ3) is 1.98. The van der Waals surface area contributed by atoms with Gasteiger partial charge in [-0.2, -0.15) is 5.26 Å². The van der Waals surface area contributed by atoms with E-state index >= 15 is 0 Å². The summed E-state index contributed by atoms with van der Waals surface area (Å²) in [6, 6.07) is 12.0. The number of aromatic nitrogens is 2. The van der Waals surface area contributed by atoms with Gasteiger partial charge in [0.15, 0.2) is 0 Å². The van der Waals surface area contributed by atoms with E-state index in [9.17, 15) is 4.39 Å². The summed E-state index contributed by atoms with van der Waals surface area (Å²) < 4.78 is 15.7. The Balaban J connectivity index is 2.26. The Hall–Kier alpha value is -2.19. The molecule has 5 heteroatoms. The molecule has 0 N–H and O–H groups in total. The second-order valence-electron chi connectivity index (χ2n) is 4.43. The third-order valence-corrected chi connectivity index (χ3v) is 3.84. The van der Waals surface area contributed by atoms with Crippen LogP contribution in [0.4, 0.5) is 4.39 Å². The number of hydrogen-bond donors (Lipinski definition) is 0. The van der Waals surface area contributed by atoms with Crippen LogP contribution in [-0.4, -0.2) is 9.55 Å². The first-order chi connectivity index (χ1) is 9.60. The fourth-order valence-electron chi connectivity index (χ4n) is 2.18. The average Bonchev–Trinajstić information content (AvgIpc) is 2.75. The van der Waals surface area contributed by atoms with Crippen molar-refractivity contribution in [3.05, 3.63) is 52.3 Å². The summed E-state index contributed by atoms with van der Waals surface area (Å²) in [6.07, 6.45) is 0. The zero-order chi connectivity index (χ0) is 14.3. The summed E-state index contributed by atoms with van der Waals surface area (Å²) in [6.45, 7) is 0. The van der Waals surface area contributed by atoms with Gasteiger partial charge in [-0.3, -0.25) is 0 Å². The van der Waals surface area contributed by atoms with E-state index in [1.54, 1.807) is 18.2 Å². The molecular weight excluding hydrogens is 321 g/mol. The summed E-state index contributed by atoms with van der Waals surface area (Å²) in [5, 5.41) is 8.93. The smallest absolute Gasteiger partial charge is 0.142 e. The van der Waals surface area contributed by atoms with Crippen LogP contribution in [-0.2, 0) is 7.05 Å². The van der Waals surface area contributed by atoms with Crippen LogP contribution in [0.25, 0.3) is 22.4 Å². The first-order valence-electron chi connectivity index (χ1n) is 5.92. The summed E-state index contributed by atoms with van der Waals surface area (Å²) in [7, 11) is 1.90. The summed E-state index contributed by atoms with van der Waals surface area (Å²) in [4.78, 5) is 4.54. The van der Waals surface area contributed by atoms with Crippen molar-refractivity contribution in [1.82, 2.24) is 9.55 Å². The number of aryl methyl sites for hydroxylation is 1. The molecule has 3 aromatic rings. The van der Waals surface area contributed by atoms with E-state index in [1.807, 2.05) is 17.7 Å². The minimum absolute atomic E-state index is 0.300. The van der Waals surface area contributed by atoms with Crippen LogP contribution in [0.5, 0.6) is 0 Å². The standard InChI is InChI=1S/C15H9BrFN3/c1-20-14-5-2-9(8-18)6-13(14)19-15(20)11-4-3-10(17)7-12(11)16/h2-7H,1H3. The number of imidazole rings is 1. The second-order valence-corrected chi connectivity index (χ2v) is 5.29. The van der Waals surface area contributed by atoms with Gasteiger partial charge in [0, 0.05) is 17.1 Å². The van der Waals surface area contributed by atoms with Crippen LogP contribution in [0.1, 0.15) is 5.56 Å². The molecular formula is C15H9BrFN3. The molecule has 0 aliphatic rings. The number of rotatable bonds is 1. The van der Waals surface area contributed by atoms with E-state index in [0.29, 0.717) is 10.0 Å². The number of nitriles is 1. The van der Waals surface area contributed by atoms with E-state index in [0.717, 1.165) is 22.4 Å². The Labute approximate surface area is 123 Å². The molecule has 98 valence electrons. The van der Waals surface area contributed by atoms with Gasteiger partial charge in [0.1, 0.15) is 11.6 Å². The zero-order valence-electron chi connectivity index (χ0n) is 10.6. The Kier molecular flexibility index (Phi) is 3.03. The van der Waals surface area contributed by atoms with Gasteiger partial charge in [-0.25, -0.2) is 9.37 Å². The predicted octanol–water partition coefficient (Wildman–Crippen LogP) is 4.01. The van der Waals surface area contributed by atoms with Gasteiger partial charge < -0.3 is 4.57 Å². The quantitative estimate of drug-likeness (QED) is 0.676. The predicted molar refractivity (Wildman–Crippen MR) is 78.5 cm³/mol. The largest absolute Gasteiger partial charge is 0.327 e. The van der Waals surface area contributed by atoms with Crippen LogP contribution < -0.4 is 0 Å². The molecule has 0 spiro atoms. The molecule has 0 fully saturated rings. The molecule has 0 radical (unpaired) electrons. The lowest BCUT2D eigenvalue weighted by Crippen LogP contribution is -1.93. The molecule has 0 bridgehead atoms. The molecule has 0 amide bonds. The molecule has 0 saturated carbocycles. The first-order valence-corrected chi connectivity index (χ1v) is 6.71. The van der Waals surface area contributed by atoms with Gasteiger partial charge in [-0.05, 0) is 52.3 Å². The maximum absolute atomic E-state index is 13.2. The van der Waals surface area contributed by atoms with E-state index in [2.05, 4.69) is 27.0 Å². The average molecular weight is 330 g/mol. The Morgan fingerprint density at radius 3 is 2.75 bits per heavy atom. The molecule has 0 atom stereocenters. The highest BCUT2D eigenvalue weighted by Gasteiger charge is 2.13. The molecule has 20 heavy (non-hydrogen) atoms.